The zero-order chi connectivity index (χ0) is 20.7. The SMILES string of the molecule is CCOC(=O)C=CSC1CC(=O)N1C(O)C(=O)OC(c1ccccc1)[N+](=O)[O-]. The molecule has 1 aromatic carbocycles. The lowest BCUT2D eigenvalue weighted by Crippen LogP contribution is -2.58. The molecular formula is C17H18N2O8S. The topological polar surface area (TPSA) is 136 Å². The number of carbonyl (C=O) groups excluding carboxylic acids is 3. The third-order valence-corrected chi connectivity index (χ3v) is 4.65. The highest BCUT2D eigenvalue weighted by molar-refractivity contribution is 8.02. The van der Waals surface area contributed by atoms with E-state index >= 15 is 0 Å². The molecule has 0 radical (unpaired) electrons. The van der Waals surface area contributed by atoms with Gasteiger partial charge in [-0.15, -0.1) is 11.8 Å². The van der Waals surface area contributed by atoms with Crippen molar-refractivity contribution in [2.24, 2.45) is 0 Å². The number of hydrogen-bond acceptors (Lipinski definition) is 9. The van der Waals surface area contributed by atoms with E-state index in [-0.39, 0.29) is 18.6 Å². The van der Waals surface area contributed by atoms with Gasteiger partial charge in [-0.05, 0) is 24.5 Å². The number of nitrogens with zero attached hydrogens (tertiary/aromatic N) is 2. The molecule has 0 aromatic heterocycles. The number of ether oxygens (including phenoxy) is 2. The van der Waals surface area contributed by atoms with Gasteiger partial charge in [-0.25, -0.2) is 9.59 Å². The summed E-state index contributed by atoms with van der Waals surface area (Å²) in [6.07, 6.45) is -2.63. The van der Waals surface area contributed by atoms with Crippen LogP contribution in [0.2, 0.25) is 0 Å². The van der Waals surface area contributed by atoms with Gasteiger partial charge in [-0.2, -0.15) is 0 Å². The summed E-state index contributed by atoms with van der Waals surface area (Å²) in [4.78, 5) is 46.4. The minimum absolute atomic E-state index is 0.0273. The molecule has 3 atom stereocenters. The van der Waals surface area contributed by atoms with Gasteiger partial charge >= 0.3 is 18.2 Å². The zero-order valence-electron chi connectivity index (χ0n) is 14.8. The molecule has 1 heterocycles. The normalized spacial score (nSPS) is 18.3. The van der Waals surface area contributed by atoms with Crippen molar-refractivity contribution in [1.29, 1.82) is 0 Å². The fourth-order valence-electron chi connectivity index (χ4n) is 2.32. The van der Waals surface area contributed by atoms with Crippen LogP contribution in [0.15, 0.2) is 41.8 Å². The summed E-state index contributed by atoms with van der Waals surface area (Å²) in [7, 11) is 0. The van der Waals surface area contributed by atoms with E-state index < -0.39 is 40.6 Å². The van der Waals surface area contributed by atoms with Gasteiger partial charge in [-0.3, -0.25) is 19.8 Å². The van der Waals surface area contributed by atoms with Gasteiger partial charge in [-0.1, -0.05) is 18.2 Å². The molecule has 150 valence electrons. The molecule has 11 heteroatoms. The average Bonchev–Trinajstić information content (AvgIpc) is 2.65. The first kappa shape index (κ1) is 21.4. The summed E-state index contributed by atoms with van der Waals surface area (Å²) in [6.45, 7) is 1.87. The Labute approximate surface area is 164 Å². The lowest BCUT2D eigenvalue weighted by molar-refractivity contribution is -0.576. The number of esters is 2. The van der Waals surface area contributed by atoms with E-state index in [1.165, 1.54) is 29.7 Å². The number of thioether (sulfide) groups is 1. The Bertz CT molecular complexity index is 770. The molecule has 1 fully saturated rings. The highest BCUT2D eigenvalue weighted by atomic mass is 32.2. The molecule has 2 rings (SSSR count). The molecule has 0 spiro atoms. The Hall–Kier alpha value is -2.92. The predicted octanol–water partition coefficient (Wildman–Crippen LogP) is 1.19. The van der Waals surface area contributed by atoms with E-state index in [9.17, 15) is 29.6 Å². The number of benzene rings is 1. The number of aliphatic hydroxyl groups is 1. The predicted molar refractivity (Wildman–Crippen MR) is 96.9 cm³/mol. The highest BCUT2D eigenvalue weighted by Crippen LogP contribution is 2.32. The second kappa shape index (κ2) is 9.85. The minimum atomic E-state index is -2.00. The molecule has 0 saturated carbocycles. The van der Waals surface area contributed by atoms with Gasteiger partial charge in [0.25, 0.3) is 0 Å². The molecule has 1 N–H and O–H groups in total. The monoisotopic (exact) mass is 410 g/mol. The van der Waals surface area contributed by atoms with E-state index in [0.29, 0.717) is 0 Å². The van der Waals surface area contributed by atoms with Crippen LogP contribution in [0.1, 0.15) is 25.1 Å². The number of amides is 1. The van der Waals surface area contributed by atoms with Crippen LogP contribution in [-0.2, 0) is 23.9 Å². The second-order valence-corrected chi connectivity index (χ2v) is 6.60. The second-order valence-electron chi connectivity index (χ2n) is 5.51. The van der Waals surface area contributed by atoms with E-state index in [1.54, 1.807) is 13.0 Å². The maximum atomic E-state index is 12.2. The first-order valence-electron chi connectivity index (χ1n) is 8.22. The van der Waals surface area contributed by atoms with Crippen LogP contribution in [0.5, 0.6) is 0 Å². The highest BCUT2D eigenvalue weighted by Gasteiger charge is 2.45. The van der Waals surface area contributed by atoms with Gasteiger partial charge in [0.15, 0.2) is 0 Å². The molecule has 3 unspecified atom stereocenters. The molecule has 0 bridgehead atoms. The van der Waals surface area contributed by atoms with E-state index in [1.807, 2.05) is 0 Å². The standard InChI is InChI=1S/C17H18N2O8S/c1-2-26-14(21)8-9-28-13-10-12(20)18(13)15(22)17(23)27-16(19(24)25)11-6-4-3-5-7-11/h3-9,13,15-16,22H,2,10H2,1H3. The van der Waals surface area contributed by atoms with Gasteiger partial charge < -0.3 is 14.6 Å². The van der Waals surface area contributed by atoms with Crippen LogP contribution in [0, 0.1) is 10.1 Å². The largest absolute Gasteiger partial charge is 0.463 e. The summed E-state index contributed by atoms with van der Waals surface area (Å²) in [5.41, 5.74) is 0.117. The van der Waals surface area contributed by atoms with Crippen LogP contribution >= 0.6 is 11.8 Å². The van der Waals surface area contributed by atoms with Crippen LogP contribution < -0.4 is 0 Å². The number of hydrogen-bond donors (Lipinski definition) is 1. The third kappa shape index (κ3) is 5.30. The van der Waals surface area contributed by atoms with Crippen molar-refractivity contribution in [3.8, 4) is 0 Å². The molecule has 1 aromatic rings. The fraction of sp³-hybridized carbons (Fsp3) is 0.353. The molecule has 1 amide bonds. The minimum Gasteiger partial charge on any atom is -0.463 e. The summed E-state index contributed by atoms with van der Waals surface area (Å²) >= 11 is 1.02. The number of carbonyl (C=O) groups is 3. The Morgan fingerprint density at radius 1 is 1.43 bits per heavy atom. The first-order valence-corrected chi connectivity index (χ1v) is 9.16. The number of nitro groups is 1. The Morgan fingerprint density at radius 2 is 2.11 bits per heavy atom. The third-order valence-electron chi connectivity index (χ3n) is 3.65. The van der Waals surface area contributed by atoms with Gasteiger partial charge in [0.05, 0.1) is 28.9 Å². The van der Waals surface area contributed by atoms with Gasteiger partial charge in [0, 0.05) is 6.08 Å². The van der Waals surface area contributed by atoms with Crippen molar-refractivity contribution >= 4 is 29.6 Å². The van der Waals surface area contributed by atoms with Crippen molar-refractivity contribution < 1.29 is 33.9 Å². The number of β-lactam (4-membered cyclic amide) rings is 1. The summed E-state index contributed by atoms with van der Waals surface area (Å²) in [6, 6.07) is 7.53. The molecule has 0 aliphatic carbocycles. The van der Waals surface area contributed by atoms with Gasteiger partial charge in [0.1, 0.15) is 0 Å². The molecular weight excluding hydrogens is 392 g/mol. The fourth-order valence-corrected chi connectivity index (χ4v) is 3.29. The summed E-state index contributed by atoms with van der Waals surface area (Å²) in [5.74, 6) is -2.41. The van der Waals surface area contributed by atoms with Crippen molar-refractivity contribution in [3.05, 3.63) is 57.5 Å². The molecule has 10 nitrogen and oxygen atoms in total. The maximum absolute atomic E-state index is 12.2. The molecule has 28 heavy (non-hydrogen) atoms. The maximum Gasteiger partial charge on any atom is 0.382 e. The number of aliphatic hydroxyl groups excluding tert-OH is 1. The smallest absolute Gasteiger partial charge is 0.382 e. The van der Waals surface area contributed by atoms with Crippen LogP contribution in [0.3, 0.4) is 0 Å². The first-order chi connectivity index (χ1) is 13.3. The van der Waals surface area contributed by atoms with Crippen molar-refractivity contribution in [2.45, 2.75) is 31.2 Å². The number of rotatable bonds is 9. The van der Waals surface area contributed by atoms with Crippen LogP contribution in [0.4, 0.5) is 0 Å². The lowest BCUT2D eigenvalue weighted by Gasteiger charge is -2.41. The summed E-state index contributed by atoms with van der Waals surface area (Å²) in [5, 5.41) is 22.1. The average molecular weight is 410 g/mol. The van der Waals surface area contributed by atoms with E-state index in [0.717, 1.165) is 22.7 Å². The Balaban J connectivity index is 1.99. The Kier molecular flexibility index (Phi) is 7.52. The van der Waals surface area contributed by atoms with Crippen molar-refractivity contribution in [1.82, 2.24) is 4.90 Å². The molecule has 1 aliphatic rings. The van der Waals surface area contributed by atoms with Crippen molar-refractivity contribution in [3.63, 3.8) is 0 Å². The molecule has 1 saturated heterocycles. The summed E-state index contributed by atoms with van der Waals surface area (Å²) < 4.78 is 9.51. The van der Waals surface area contributed by atoms with E-state index in [2.05, 4.69) is 0 Å². The van der Waals surface area contributed by atoms with E-state index in [4.69, 9.17) is 9.47 Å². The molecule has 1 aliphatic heterocycles. The van der Waals surface area contributed by atoms with Crippen molar-refractivity contribution in [2.75, 3.05) is 6.61 Å². The van der Waals surface area contributed by atoms with Crippen LogP contribution in [0.25, 0.3) is 0 Å². The Morgan fingerprint density at radius 3 is 2.68 bits per heavy atom. The quantitative estimate of drug-likeness (QED) is 0.159. The van der Waals surface area contributed by atoms with Crippen LogP contribution in [-0.4, -0.2) is 51.0 Å². The zero-order valence-corrected chi connectivity index (χ0v) is 15.6. The van der Waals surface area contributed by atoms with Gasteiger partial charge in [0.2, 0.25) is 12.1 Å². The number of likely N-dealkylation sites (tertiary alicyclic amines) is 1. The lowest BCUT2D eigenvalue weighted by atomic mass is 10.2.